The van der Waals surface area contributed by atoms with Gasteiger partial charge in [-0.05, 0) is 54.4 Å². The van der Waals surface area contributed by atoms with Crippen molar-refractivity contribution in [2.24, 2.45) is 0 Å². The van der Waals surface area contributed by atoms with Crippen LogP contribution in [-0.4, -0.2) is 22.2 Å². The molecule has 31 heavy (non-hydrogen) atoms. The lowest BCUT2D eigenvalue weighted by atomic mass is 10.1. The Kier molecular flexibility index (Phi) is 5.98. The molecule has 156 valence electrons. The zero-order valence-corrected chi connectivity index (χ0v) is 17.3. The van der Waals surface area contributed by atoms with Crippen LogP contribution in [-0.2, 0) is 6.61 Å². The second-order valence-corrected chi connectivity index (χ2v) is 6.91. The van der Waals surface area contributed by atoms with Crippen molar-refractivity contribution >= 4 is 0 Å². The number of phenolic OH excluding ortho intramolecular Hbond substituents is 1. The van der Waals surface area contributed by atoms with Crippen LogP contribution in [0.25, 0.3) is 11.3 Å². The fraction of sp³-hybridized carbons (Fsp3) is 0.120. The lowest BCUT2D eigenvalue weighted by molar-refractivity contribution is 0.303. The minimum atomic E-state index is 0.0422. The number of benzene rings is 3. The number of nitrogens with zero attached hydrogens (tertiary/aromatic N) is 2. The Morgan fingerprint density at radius 2 is 1.65 bits per heavy atom. The molecule has 4 aromatic rings. The molecule has 0 fully saturated rings. The SMILES string of the molecule is COc1ccc(Oc2cncnc2-c2ccc(OCc3ccccc3C)cc2O)cc1. The van der Waals surface area contributed by atoms with Crippen molar-refractivity contribution in [1.29, 1.82) is 0 Å². The monoisotopic (exact) mass is 414 g/mol. The Morgan fingerprint density at radius 3 is 2.39 bits per heavy atom. The first kappa shape index (κ1) is 20.2. The summed E-state index contributed by atoms with van der Waals surface area (Å²) in [5, 5.41) is 10.6. The van der Waals surface area contributed by atoms with Gasteiger partial charge in [-0.3, -0.25) is 0 Å². The molecule has 0 radical (unpaired) electrons. The summed E-state index contributed by atoms with van der Waals surface area (Å²) in [6, 6.07) is 20.3. The highest BCUT2D eigenvalue weighted by Crippen LogP contribution is 2.37. The maximum atomic E-state index is 10.6. The molecule has 0 aliphatic rings. The largest absolute Gasteiger partial charge is 0.507 e. The number of aromatic hydroxyl groups is 1. The molecule has 6 heteroatoms. The maximum Gasteiger partial charge on any atom is 0.172 e. The minimum Gasteiger partial charge on any atom is -0.507 e. The molecule has 1 N–H and O–H groups in total. The Bertz CT molecular complexity index is 1180. The smallest absolute Gasteiger partial charge is 0.172 e. The third kappa shape index (κ3) is 4.75. The molecule has 1 heterocycles. The van der Waals surface area contributed by atoms with Crippen LogP contribution in [0.15, 0.2) is 79.3 Å². The predicted molar refractivity (Wildman–Crippen MR) is 118 cm³/mol. The van der Waals surface area contributed by atoms with E-state index in [0.29, 0.717) is 35.1 Å². The van der Waals surface area contributed by atoms with Crippen molar-refractivity contribution in [1.82, 2.24) is 9.97 Å². The minimum absolute atomic E-state index is 0.0422. The average molecular weight is 414 g/mol. The first-order valence-corrected chi connectivity index (χ1v) is 9.76. The highest BCUT2D eigenvalue weighted by atomic mass is 16.5. The van der Waals surface area contributed by atoms with Gasteiger partial charge in [0.05, 0.1) is 13.3 Å². The topological polar surface area (TPSA) is 73.7 Å². The van der Waals surface area contributed by atoms with Gasteiger partial charge >= 0.3 is 0 Å². The zero-order chi connectivity index (χ0) is 21.6. The first-order chi connectivity index (χ1) is 15.1. The van der Waals surface area contributed by atoms with Gasteiger partial charge < -0.3 is 19.3 Å². The molecule has 0 spiro atoms. The summed E-state index contributed by atoms with van der Waals surface area (Å²) in [6.07, 6.45) is 2.98. The quantitative estimate of drug-likeness (QED) is 0.428. The average Bonchev–Trinajstić information content (AvgIpc) is 2.80. The van der Waals surface area contributed by atoms with Gasteiger partial charge in [-0.1, -0.05) is 24.3 Å². The molecule has 1 aromatic heterocycles. The molecule has 0 atom stereocenters. The normalized spacial score (nSPS) is 10.5. The summed E-state index contributed by atoms with van der Waals surface area (Å²) in [5.74, 6) is 2.37. The molecule has 0 bridgehead atoms. The maximum absolute atomic E-state index is 10.6. The fourth-order valence-corrected chi connectivity index (χ4v) is 3.10. The molecule has 0 amide bonds. The summed E-state index contributed by atoms with van der Waals surface area (Å²) in [5.41, 5.74) is 3.25. The van der Waals surface area contributed by atoms with Crippen molar-refractivity contribution in [3.63, 3.8) is 0 Å². The zero-order valence-electron chi connectivity index (χ0n) is 17.3. The summed E-state index contributed by atoms with van der Waals surface area (Å²) >= 11 is 0. The van der Waals surface area contributed by atoms with Gasteiger partial charge in [0.2, 0.25) is 0 Å². The van der Waals surface area contributed by atoms with Crippen molar-refractivity contribution in [3.05, 3.63) is 90.4 Å². The van der Waals surface area contributed by atoms with E-state index in [-0.39, 0.29) is 5.75 Å². The predicted octanol–water partition coefficient (Wildman–Crippen LogP) is 5.54. The van der Waals surface area contributed by atoms with Crippen LogP contribution in [0.5, 0.6) is 28.7 Å². The van der Waals surface area contributed by atoms with Crippen LogP contribution < -0.4 is 14.2 Å². The highest BCUT2D eigenvalue weighted by Gasteiger charge is 2.14. The van der Waals surface area contributed by atoms with E-state index in [1.54, 1.807) is 55.8 Å². The standard InChI is InChI=1S/C25H22N2O4/c1-17-5-3-4-6-18(17)15-30-21-11-12-22(23(28)13-21)25-24(14-26-16-27-25)31-20-9-7-19(29-2)8-10-20/h3-14,16,28H,15H2,1-2H3. The number of hydrogen-bond donors (Lipinski definition) is 1. The van der Waals surface area contributed by atoms with E-state index in [1.165, 1.54) is 6.33 Å². The molecular formula is C25H22N2O4. The summed E-state index contributed by atoms with van der Waals surface area (Å²) in [4.78, 5) is 8.36. The van der Waals surface area contributed by atoms with E-state index in [0.717, 1.165) is 16.9 Å². The number of aryl methyl sites for hydroxylation is 1. The molecule has 0 saturated heterocycles. The number of rotatable bonds is 7. The van der Waals surface area contributed by atoms with Crippen molar-refractivity contribution in [3.8, 4) is 40.0 Å². The van der Waals surface area contributed by atoms with Gasteiger partial charge in [-0.25, -0.2) is 9.97 Å². The second kappa shape index (κ2) is 9.17. The van der Waals surface area contributed by atoms with Crippen LogP contribution in [0, 0.1) is 6.92 Å². The third-order valence-electron chi connectivity index (χ3n) is 4.85. The third-order valence-corrected chi connectivity index (χ3v) is 4.85. The number of aromatic nitrogens is 2. The van der Waals surface area contributed by atoms with Gasteiger partial charge in [-0.2, -0.15) is 0 Å². The molecule has 4 rings (SSSR count). The molecular weight excluding hydrogens is 392 g/mol. The Morgan fingerprint density at radius 1 is 0.903 bits per heavy atom. The Balaban J connectivity index is 1.55. The first-order valence-electron chi connectivity index (χ1n) is 9.76. The van der Waals surface area contributed by atoms with E-state index < -0.39 is 0 Å². The highest BCUT2D eigenvalue weighted by molar-refractivity contribution is 5.72. The van der Waals surface area contributed by atoms with Crippen molar-refractivity contribution in [2.75, 3.05) is 7.11 Å². The van der Waals surface area contributed by atoms with Crippen LogP contribution in [0.1, 0.15) is 11.1 Å². The van der Waals surface area contributed by atoms with Crippen LogP contribution in [0.2, 0.25) is 0 Å². The Labute approximate surface area is 180 Å². The summed E-state index contributed by atoms with van der Waals surface area (Å²) in [7, 11) is 1.61. The van der Waals surface area contributed by atoms with Gasteiger partial charge in [0.25, 0.3) is 0 Å². The van der Waals surface area contributed by atoms with Gasteiger partial charge in [0.1, 0.15) is 41.6 Å². The summed E-state index contributed by atoms with van der Waals surface area (Å²) in [6.45, 7) is 2.46. The Hall–Kier alpha value is -4.06. The van der Waals surface area contributed by atoms with E-state index in [1.807, 2.05) is 31.2 Å². The van der Waals surface area contributed by atoms with E-state index >= 15 is 0 Å². The van der Waals surface area contributed by atoms with Crippen LogP contribution in [0.3, 0.4) is 0 Å². The summed E-state index contributed by atoms with van der Waals surface area (Å²) < 4.78 is 17.0. The number of ether oxygens (including phenoxy) is 3. The number of hydrogen-bond acceptors (Lipinski definition) is 6. The van der Waals surface area contributed by atoms with Gasteiger partial charge in [-0.15, -0.1) is 0 Å². The number of methoxy groups -OCH3 is 1. The molecule has 3 aromatic carbocycles. The lowest BCUT2D eigenvalue weighted by Gasteiger charge is -2.13. The van der Waals surface area contributed by atoms with E-state index in [4.69, 9.17) is 14.2 Å². The molecule has 0 unspecified atom stereocenters. The van der Waals surface area contributed by atoms with E-state index in [9.17, 15) is 5.11 Å². The molecule has 0 saturated carbocycles. The van der Waals surface area contributed by atoms with Crippen molar-refractivity contribution in [2.45, 2.75) is 13.5 Å². The van der Waals surface area contributed by atoms with Crippen LogP contribution >= 0.6 is 0 Å². The lowest BCUT2D eigenvalue weighted by Crippen LogP contribution is -1.98. The van der Waals surface area contributed by atoms with Crippen molar-refractivity contribution < 1.29 is 19.3 Å². The number of phenols is 1. The van der Waals surface area contributed by atoms with Crippen LogP contribution in [0.4, 0.5) is 0 Å². The van der Waals surface area contributed by atoms with Gasteiger partial charge in [0.15, 0.2) is 5.75 Å². The molecule has 0 aliphatic heterocycles. The molecule has 6 nitrogen and oxygen atoms in total. The molecule has 0 aliphatic carbocycles. The van der Waals surface area contributed by atoms with Gasteiger partial charge in [0, 0.05) is 11.6 Å². The fourth-order valence-electron chi connectivity index (χ4n) is 3.10. The van der Waals surface area contributed by atoms with E-state index in [2.05, 4.69) is 9.97 Å². The second-order valence-electron chi connectivity index (χ2n) is 6.91.